The zero-order chi connectivity index (χ0) is 28.3. The fourth-order valence-electron chi connectivity index (χ4n) is 3.75. The number of aromatic nitrogens is 4. The van der Waals surface area contributed by atoms with Gasteiger partial charge < -0.3 is 15.0 Å². The molecule has 39 heavy (non-hydrogen) atoms. The van der Waals surface area contributed by atoms with Gasteiger partial charge in [0, 0.05) is 32.3 Å². The molecule has 2 aromatic carbocycles. The molecule has 0 saturated carbocycles. The molecule has 11 nitrogen and oxygen atoms in total. The summed E-state index contributed by atoms with van der Waals surface area (Å²) in [6, 6.07) is 9.81. The van der Waals surface area contributed by atoms with Crippen LogP contribution in [0.1, 0.15) is 29.8 Å². The first kappa shape index (κ1) is 27.2. The third-order valence-electron chi connectivity index (χ3n) is 5.34. The number of halogens is 2. The molecule has 0 radical (unpaired) electrons. The number of carbonyl (C=O) groups is 2. The van der Waals surface area contributed by atoms with Gasteiger partial charge in [-0.25, -0.2) is 24.0 Å². The summed E-state index contributed by atoms with van der Waals surface area (Å²) in [5, 5.41) is 16.6. The van der Waals surface area contributed by atoms with Gasteiger partial charge in [0.25, 0.3) is 5.91 Å². The van der Waals surface area contributed by atoms with E-state index in [9.17, 15) is 14.0 Å². The van der Waals surface area contributed by atoms with E-state index in [1.165, 1.54) is 18.5 Å². The van der Waals surface area contributed by atoms with Gasteiger partial charge in [0.05, 0.1) is 34.4 Å². The van der Waals surface area contributed by atoms with Gasteiger partial charge in [0.15, 0.2) is 5.82 Å². The number of amides is 1. The highest BCUT2D eigenvalue weighted by atomic mass is 35.5. The summed E-state index contributed by atoms with van der Waals surface area (Å²) in [5.74, 6) is -1.89. The lowest BCUT2D eigenvalue weighted by Gasteiger charge is -2.18. The first-order valence-electron chi connectivity index (χ1n) is 11.5. The summed E-state index contributed by atoms with van der Waals surface area (Å²) in [4.78, 5) is 39.5. The SMILES string of the molecule is CC(=O)OC(C(=O)Nc1ccc(-n2nc(C)c3ncnc(N=CN(C)C)c32)c(Cl)c1)c1cc(F)cc(C#N)c1. The minimum Gasteiger partial charge on any atom is -0.447 e. The van der Waals surface area contributed by atoms with Crippen molar-refractivity contribution >= 4 is 52.4 Å². The molecule has 2 heterocycles. The Morgan fingerprint density at radius 3 is 2.69 bits per heavy atom. The van der Waals surface area contributed by atoms with E-state index in [0.717, 1.165) is 19.1 Å². The van der Waals surface area contributed by atoms with Crippen LogP contribution in [0.4, 0.5) is 15.9 Å². The second-order valence-corrected chi connectivity index (χ2v) is 9.04. The van der Waals surface area contributed by atoms with E-state index in [2.05, 4.69) is 25.4 Å². The van der Waals surface area contributed by atoms with Crippen LogP contribution in [0.15, 0.2) is 47.7 Å². The Morgan fingerprint density at radius 1 is 1.26 bits per heavy atom. The van der Waals surface area contributed by atoms with Crippen LogP contribution < -0.4 is 5.32 Å². The summed E-state index contributed by atoms with van der Waals surface area (Å²) in [6.07, 6.45) is 1.50. The number of nitrogens with one attached hydrogen (secondary N) is 1. The maximum Gasteiger partial charge on any atom is 0.303 e. The Labute approximate surface area is 227 Å². The van der Waals surface area contributed by atoms with Crippen LogP contribution in [0.2, 0.25) is 5.02 Å². The molecular formula is C26H22ClFN8O3. The smallest absolute Gasteiger partial charge is 0.303 e. The zero-order valence-corrected chi connectivity index (χ0v) is 22.1. The third kappa shape index (κ3) is 6.00. The van der Waals surface area contributed by atoms with Gasteiger partial charge >= 0.3 is 5.97 Å². The van der Waals surface area contributed by atoms with Crippen molar-refractivity contribution in [3.8, 4) is 11.8 Å². The Hall–Kier alpha value is -4.89. The molecular weight excluding hydrogens is 527 g/mol. The number of nitriles is 1. The molecule has 0 bridgehead atoms. The molecule has 0 aliphatic rings. The average Bonchev–Trinajstić information content (AvgIpc) is 3.22. The number of anilines is 1. The van der Waals surface area contributed by atoms with Crippen LogP contribution in [0.5, 0.6) is 0 Å². The zero-order valence-electron chi connectivity index (χ0n) is 21.3. The van der Waals surface area contributed by atoms with Gasteiger partial charge in [-0.3, -0.25) is 9.59 Å². The number of carbonyl (C=O) groups excluding carboxylic acids is 2. The molecule has 0 aliphatic heterocycles. The summed E-state index contributed by atoms with van der Waals surface area (Å²) in [6.45, 7) is 2.92. The van der Waals surface area contributed by atoms with Crippen LogP contribution in [-0.2, 0) is 14.3 Å². The standard InChI is InChI=1S/C26H22ClFN8O3/c1-14-22-23(25(31-12-30-22)32-13-35(3)4)36(34-14)21-6-5-19(10-20(21)27)33-26(38)24(39-15(2)37)17-7-16(11-29)8-18(28)9-17/h5-10,12-13,24H,1-4H3,(H,33,38). The van der Waals surface area contributed by atoms with Crippen molar-refractivity contribution in [2.24, 2.45) is 4.99 Å². The normalized spacial score (nSPS) is 11.8. The van der Waals surface area contributed by atoms with Crippen molar-refractivity contribution in [1.82, 2.24) is 24.6 Å². The second kappa shape index (κ2) is 11.2. The maximum atomic E-state index is 14.0. The fraction of sp³-hybridized carbons (Fsp3) is 0.192. The predicted octanol–water partition coefficient (Wildman–Crippen LogP) is 4.25. The molecule has 1 N–H and O–H groups in total. The van der Waals surface area contributed by atoms with Crippen LogP contribution in [0.25, 0.3) is 16.7 Å². The first-order valence-corrected chi connectivity index (χ1v) is 11.8. The predicted molar refractivity (Wildman–Crippen MR) is 142 cm³/mol. The number of nitrogens with zero attached hydrogens (tertiary/aromatic N) is 7. The van der Waals surface area contributed by atoms with Gasteiger partial charge in [-0.1, -0.05) is 11.6 Å². The highest BCUT2D eigenvalue weighted by Crippen LogP contribution is 2.32. The van der Waals surface area contributed by atoms with Gasteiger partial charge in [0.2, 0.25) is 6.10 Å². The number of ether oxygens (including phenoxy) is 1. The summed E-state index contributed by atoms with van der Waals surface area (Å²) in [7, 11) is 3.66. The molecule has 2 aromatic heterocycles. The molecule has 4 rings (SSSR count). The fourth-order valence-corrected chi connectivity index (χ4v) is 4.01. The monoisotopic (exact) mass is 548 g/mol. The molecule has 4 aromatic rings. The van der Waals surface area contributed by atoms with Crippen LogP contribution in [0, 0.1) is 24.1 Å². The summed E-state index contributed by atoms with van der Waals surface area (Å²) in [5.41, 5.74) is 2.51. The molecule has 1 unspecified atom stereocenters. The van der Waals surface area contributed by atoms with E-state index in [1.807, 2.05) is 20.2 Å². The van der Waals surface area contributed by atoms with Crippen LogP contribution in [-0.4, -0.2) is 57.0 Å². The van der Waals surface area contributed by atoms with Gasteiger partial charge in [-0.15, -0.1) is 0 Å². The van der Waals surface area contributed by atoms with Crippen molar-refractivity contribution in [1.29, 1.82) is 5.26 Å². The van der Waals surface area contributed by atoms with E-state index in [-0.39, 0.29) is 21.8 Å². The maximum absolute atomic E-state index is 14.0. The van der Waals surface area contributed by atoms with Crippen molar-refractivity contribution in [2.75, 3.05) is 19.4 Å². The van der Waals surface area contributed by atoms with E-state index in [1.54, 1.807) is 35.0 Å². The van der Waals surface area contributed by atoms with Crippen LogP contribution >= 0.6 is 11.6 Å². The number of hydrogen-bond acceptors (Lipinski definition) is 8. The minimum atomic E-state index is -1.50. The Morgan fingerprint density at radius 2 is 2.03 bits per heavy atom. The number of esters is 1. The summed E-state index contributed by atoms with van der Waals surface area (Å²) < 4.78 is 20.7. The lowest BCUT2D eigenvalue weighted by molar-refractivity contribution is -0.152. The number of benzene rings is 2. The molecule has 0 saturated heterocycles. The number of fused-ring (bicyclic) bond motifs is 1. The first-order chi connectivity index (χ1) is 18.6. The Bertz CT molecular complexity index is 1660. The minimum absolute atomic E-state index is 0.00580. The molecule has 1 amide bonds. The van der Waals surface area contributed by atoms with Crippen molar-refractivity contribution in [3.05, 3.63) is 70.4 Å². The van der Waals surface area contributed by atoms with Gasteiger partial charge in [-0.2, -0.15) is 10.4 Å². The molecule has 13 heteroatoms. The van der Waals surface area contributed by atoms with Crippen molar-refractivity contribution < 1.29 is 18.7 Å². The van der Waals surface area contributed by atoms with Gasteiger partial charge in [-0.05, 0) is 43.3 Å². The highest BCUT2D eigenvalue weighted by molar-refractivity contribution is 6.32. The Kier molecular flexibility index (Phi) is 7.83. The molecule has 0 spiro atoms. The average molecular weight is 549 g/mol. The quantitative estimate of drug-likeness (QED) is 0.205. The molecule has 198 valence electrons. The topological polar surface area (TPSA) is 138 Å². The van der Waals surface area contributed by atoms with E-state index >= 15 is 0 Å². The molecule has 1 atom stereocenters. The van der Waals surface area contributed by atoms with E-state index < -0.39 is 23.8 Å². The third-order valence-corrected chi connectivity index (χ3v) is 5.64. The summed E-state index contributed by atoms with van der Waals surface area (Å²) >= 11 is 6.61. The van der Waals surface area contributed by atoms with Crippen molar-refractivity contribution in [3.63, 3.8) is 0 Å². The number of aryl methyl sites for hydroxylation is 1. The lowest BCUT2D eigenvalue weighted by Crippen LogP contribution is -2.25. The largest absolute Gasteiger partial charge is 0.447 e. The lowest BCUT2D eigenvalue weighted by atomic mass is 10.0. The molecule has 0 fully saturated rings. The van der Waals surface area contributed by atoms with Crippen molar-refractivity contribution in [2.45, 2.75) is 20.0 Å². The number of hydrogen-bond donors (Lipinski definition) is 1. The highest BCUT2D eigenvalue weighted by Gasteiger charge is 2.26. The number of aliphatic imine (C=N–C) groups is 1. The van der Waals surface area contributed by atoms with Gasteiger partial charge in [0.1, 0.15) is 23.2 Å². The van der Waals surface area contributed by atoms with Crippen LogP contribution in [0.3, 0.4) is 0 Å². The second-order valence-electron chi connectivity index (χ2n) is 8.63. The Balaban J connectivity index is 1.68. The van der Waals surface area contributed by atoms with E-state index in [0.29, 0.717) is 28.2 Å². The number of rotatable bonds is 7. The molecule has 0 aliphatic carbocycles. The van der Waals surface area contributed by atoms with E-state index in [4.69, 9.17) is 21.6 Å².